The van der Waals surface area contributed by atoms with Crippen LogP contribution in [0.3, 0.4) is 0 Å². The molecule has 5 heteroatoms. The highest BCUT2D eigenvalue weighted by atomic mass is 16.2. The summed E-state index contributed by atoms with van der Waals surface area (Å²) in [5.74, 6) is 0.0652. The number of nitrogens with one attached hydrogen (secondary N) is 2. The van der Waals surface area contributed by atoms with Crippen molar-refractivity contribution in [2.24, 2.45) is 0 Å². The van der Waals surface area contributed by atoms with Gasteiger partial charge in [-0.3, -0.25) is 9.59 Å². The number of carbonyl (C=O) groups is 2. The molecule has 0 aromatic rings. The number of rotatable bonds is 4. The van der Waals surface area contributed by atoms with Gasteiger partial charge in [-0.1, -0.05) is 6.92 Å². The molecule has 0 bridgehead atoms. The largest absolute Gasteiger partial charge is 0.343 e. The van der Waals surface area contributed by atoms with E-state index in [1.165, 1.54) is 0 Å². The molecule has 2 amide bonds. The average molecular weight is 281 g/mol. The first kappa shape index (κ1) is 15.3. The van der Waals surface area contributed by atoms with Crippen LogP contribution in [0.1, 0.15) is 52.4 Å². The molecule has 0 aliphatic carbocycles. The van der Waals surface area contributed by atoms with Crippen LogP contribution < -0.4 is 10.6 Å². The first-order valence-corrected chi connectivity index (χ1v) is 7.88. The molecule has 5 nitrogen and oxygen atoms in total. The second kappa shape index (κ2) is 6.57. The van der Waals surface area contributed by atoms with Crippen molar-refractivity contribution >= 4 is 11.8 Å². The Hall–Kier alpha value is -1.10. The van der Waals surface area contributed by atoms with Crippen molar-refractivity contribution < 1.29 is 9.59 Å². The maximum Gasteiger partial charge on any atom is 0.245 e. The Morgan fingerprint density at radius 3 is 2.75 bits per heavy atom. The topological polar surface area (TPSA) is 61.4 Å². The maximum absolute atomic E-state index is 12.7. The van der Waals surface area contributed by atoms with Crippen molar-refractivity contribution in [3.8, 4) is 0 Å². The summed E-state index contributed by atoms with van der Waals surface area (Å²) in [4.78, 5) is 26.8. The number of amides is 2. The molecular formula is C15H27N3O2. The summed E-state index contributed by atoms with van der Waals surface area (Å²) in [6, 6.07) is 0.162. The highest BCUT2D eigenvalue weighted by molar-refractivity contribution is 5.90. The molecule has 0 radical (unpaired) electrons. The molecule has 2 fully saturated rings. The van der Waals surface area contributed by atoms with Crippen LogP contribution in [0.2, 0.25) is 0 Å². The van der Waals surface area contributed by atoms with Crippen LogP contribution >= 0.6 is 0 Å². The van der Waals surface area contributed by atoms with Crippen LogP contribution in [0.25, 0.3) is 0 Å². The van der Waals surface area contributed by atoms with Crippen LogP contribution in [0.4, 0.5) is 0 Å². The van der Waals surface area contributed by atoms with E-state index in [0.717, 1.165) is 38.5 Å². The molecule has 2 N–H and O–H groups in total. The van der Waals surface area contributed by atoms with Gasteiger partial charge in [-0.25, -0.2) is 0 Å². The molecule has 114 valence electrons. The SMILES string of the molecule is CCC(NC)C(=O)N[C@H]1CCC[C@H]2CC[C@@H](C)N2C1=O. The number of fused-ring (bicyclic) bond motifs is 1. The van der Waals surface area contributed by atoms with Gasteiger partial charge < -0.3 is 15.5 Å². The van der Waals surface area contributed by atoms with Crippen molar-refractivity contribution in [2.45, 2.75) is 76.5 Å². The summed E-state index contributed by atoms with van der Waals surface area (Å²) in [5, 5.41) is 5.94. The van der Waals surface area contributed by atoms with E-state index in [0.29, 0.717) is 12.1 Å². The van der Waals surface area contributed by atoms with E-state index >= 15 is 0 Å². The Balaban J connectivity index is 2.04. The van der Waals surface area contributed by atoms with Crippen molar-refractivity contribution in [1.82, 2.24) is 15.5 Å². The molecule has 4 atom stereocenters. The number of hydrogen-bond donors (Lipinski definition) is 2. The Kier molecular flexibility index (Phi) is 5.02. The lowest BCUT2D eigenvalue weighted by Gasteiger charge is -2.30. The van der Waals surface area contributed by atoms with Gasteiger partial charge >= 0.3 is 0 Å². The van der Waals surface area contributed by atoms with Gasteiger partial charge in [0.25, 0.3) is 0 Å². The summed E-state index contributed by atoms with van der Waals surface area (Å²) in [7, 11) is 1.78. The van der Waals surface area contributed by atoms with Crippen molar-refractivity contribution in [2.75, 3.05) is 7.05 Å². The molecule has 0 aromatic carbocycles. The third kappa shape index (κ3) is 2.97. The van der Waals surface area contributed by atoms with Gasteiger partial charge in [0.05, 0.1) is 6.04 Å². The second-order valence-corrected chi connectivity index (χ2v) is 6.07. The summed E-state index contributed by atoms with van der Waals surface area (Å²) >= 11 is 0. The summed E-state index contributed by atoms with van der Waals surface area (Å²) in [6.07, 6.45) is 5.79. The minimum atomic E-state index is -0.338. The van der Waals surface area contributed by atoms with Crippen LogP contribution in [0, 0.1) is 0 Å². The maximum atomic E-state index is 12.7. The third-order valence-corrected chi connectivity index (χ3v) is 4.76. The van der Waals surface area contributed by atoms with E-state index in [4.69, 9.17) is 0 Å². The standard InChI is InChI=1S/C15H27N3O2/c1-4-12(16-3)14(19)17-13-7-5-6-11-9-8-10(2)18(11)15(13)20/h10-13,16H,4-9H2,1-3H3,(H,17,19)/t10-,11+,12?,13+/m1/s1. The molecule has 2 rings (SSSR count). The van der Waals surface area contributed by atoms with Gasteiger partial charge in [0.1, 0.15) is 6.04 Å². The zero-order valence-electron chi connectivity index (χ0n) is 12.8. The lowest BCUT2D eigenvalue weighted by atomic mass is 10.1. The lowest BCUT2D eigenvalue weighted by Crippen LogP contribution is -2.53. The van der Waals surface area contributed by atoms with Gasteiger partial charge in [-0.2, -0.15) is 0 Å². The quantitative estimate of drug-likeness (QED) is 0.809. The number of nitrogens with zero attached hydrogens (tertiary/aromatic N) is 1. The second-order valence-electron chi connectivity index (χ2n) is 6.07. The Morgan fingerprint density at radius 2 is 2.10 bits per heavy atom. The van der Waals surface area contributed by atoms with Crippen LogP contribution in [0.5, 0.6) is 0 Å². The molecule has 2 saturated heterocycles. The predicted molar refractivity (Wildman–Crippen MR) is 78.3 cm³/mol. The number of likely N-dealkylation sites (N-methyl/N-ethyl adjacent to an activating group) is 1. The zero-order valence-corrected chi connectivity index (χ0v) is 12.8. The van der Waals surface area contributed by atoms with Crippen LogP contribution in [-0.4, -0.2) is 47.9 Å². The Morgan fingerprint density at radius 1 is 1.35 bits per heavy atom. The van der Waals surface area contributed by atoms with E-state index in [9.17, 15) is 9.59 Å². The van der Waals surface area contributed by atoms with Gasteiger partial charge in [0.15, 0.2) is 0 Å². The van der Waals surface area contributed by atoms with Crippen molar-refractivity contribution in [1.29, 1.82) is 0 Å². The molecule has 2 aliphatic heterocycles. The predicted octanol–water partition coefficient (Wildman–Crippen LogP) is 1.03. The van der Waals surface area contributed by atoms with Gasteiger partial charge in [-0.05, 0) is 52.5 Å². The molecule has 0 aromatic heterocycles. The molecule has 2 aliphatic rings. The fraction of sp³-hybridized carbons (Fsp3) is 0.867. The van der Waals surface area contributed by atoms with Gasteiger partial charge in [0, 0.05) is 12.1 Å². The third-order valence-electron chi connectivity index (χ3n) is 4.76. The smallest absolute Gasteiger partial charge is 0.245 e. The summed E-state index contributed by atoms with van der Waals surface area (Å²) in [6.45, 7) is 4.08. The number of hydrogen-bond acceptors (Lipinski definition) is 3. The van der Waals surface area contributed by atoms with E-state index in [1.54, 1.807) is 7.05 Å². The normalized spacial score (nSPS) is 31.6. The fourth-order valence-electron chi connectivity index (χ4n) is 3.54. The Bertz CT molecular complexity index is 368. The van der Waals surface area contributed by atoms with Crippen LogP contribution in [-0.2, 0) is 9.59 Å². The minimum absolute atomic E-state index is 0.0568. The molecule has 0 spiro atoms. The fourth-order valence-corrected chi connectivity index (χ4v) is 3.54. The first-order valence-electron chi connectivity index (χ1n) is 7.88. The molecule has 0 saturated carbocycles. The summed E-state index contributed by atoms with van der Waals surface area (Å²) < 4.78 is 0. The molecule has 20 heavy (non-hydrogen) atoms. The van der Waals surface area contributed by atoms with E-state index < -0.39 is 0 Å². The van der Waals surface area contributed by atoms with Crippen molar-refractivity contribution in [3.05, 3.63) is 0 Å². The molecular weight excluding hydrogens is 254 g/mol. The zero-order chi connectivity index (χ0) is 14.7. The van der Waals surface area contributed by atoms with Gasteiger partial charge in [0.2, 0.25) is 11.8 Å². The van der Waals surface area contributed by atoms with Gasteiger partial charge in [-0.15, -0.1) is 0 Å². The highest BCUT2D eigenvalue weighted by Gasteiger charge is 2.40. The highest BCUT2D eigenvalue weighted by Crippen LogP contribution is 2.31. The van der Waals surface area contributed by atoms with E-state index in [-0.39, 0.29) is 23.9 Å². The molecule has 1 unspecified atom stereocenters. The van der Waals surface area contributed by atoms with E-state index in [2.05, 4.69) is 17.6 Å². The molecule has 2 heterocycles. The monoisotopic (exact) mass is 281 g/mol. The Labute approximate surface area is 121 Å². The lowest BCUT2D eigenvalue weighted by molar-refractivity contribution is -0.138. The number of carbonyl (C=O) groups excluding carboxylic acids is 2. The van der Waals surface area contributed by atoms with Crippen LogP contribution in [0.15, 0.2) is 0 Å². The van der Waals surface area contributed by atoms with E-state index in [1.807, 2.05) is 11.8 Å². The minimum Gasteiger partial charge on any atom is -0.343 e. The summed E-state index contributed by atoms with van der Waals surface area (Å²) in [5.41, 5.74) is 0. The first-order chi connectivity index (χ1) is 9.58. The average Bonchev–Trinajstić information content (AvgIpc) is 2.71. The van der Waals surface area contributed by atoms with Crippen molar-refractivity contribution in [3.63, 3.8) is 0 Å².